The number of ether oxygens (including phenoxy) is 2. The summed E-state index contributed by atoms with van der Waals surface area (Å²) in [5, 5.41) is 5.79. The molecule has 0 atom stereocenters. The number of hydrogen-bond acceptors (Lipinski definition) is 4. The first kappa shape index (κ1) is 27.0. The Hall–Kier alpha value is -4.00. The molecule has 0 saturated heterocycles. The average Bonchev–Trinajstić information content (AvgIpc) is 2.97. The van der Waals surface area contributed by atoms with Gasteiger partial charge >= 0.3 is 0 Å². The van der Waals surface area contributed by atoms with Crippen LogP contribution in [0, 0.1) is 0 Å². The Morgan fingerprint density at radius 2 is 1.29 bits per heavy atom. The fourth-order valence-electron chi connectivity index (χ4n) is 3.86. The van der Waals surface area contributed by atoms with E-state index in [1.165, 1.54) is 0 Å². The Morgan fingerprint density at radius 3 is 1.92 bits per heavy atom. The second kappa shape index (κ2) is 12.5. The SMILES string of the molecule is COc1cc(C(=O)Nc2ccc(-c3ccc(NC(=O)c4ccc(CCl)cc4)c(OC)c3)cc2)ccc1CCl. The molecule has 2 N–H and O–H groups in total. The van der Waals surface area contributed by atoms with E-state index in [9.17, 15) is 9.59 Å². The van der Waals surface area contributed by atoms with E-state index >= 15 is 0 Å². The highest BCUT2D eigenvalue weighted by atomic mass is 35.5. The van der Waals surface area contributed by atoms with Gasteiger partial charge in [-0.1, -0.05) is 36.4 Å². The number of amides is 2. The summed E-state index contributed by atoms with van der Waals surface area (Å²) in [6.07, 6.45) is 0. The van der Waals surface area contributed by atoms with Crippen LogP contribution in [0.25, 0.3) is 11.1 Å². The molecule has 6 nitrogen and oxygen atoms in total. The maximum absolute atomic E-state index is 12.7. The lowest BCUT2D eigenvalue weighted by molar-refractivity contribution is 0.101. The molecule has 0 radical (unpaired) electrons. The Bertz CT molecular complexity index is 1440. The second-order valence-electron chi connectivity index (χ2n) is 8.39. The largest absolute Gasteiger partial charge is 0.496 e. The molecule has 0 saturated carbocycles. The van der Waals surface area contributed by atoms with Crippen LogP contribution in [0.2, 0.25) is 0 Å². The van der Waals surface area contributed by atoms with Crippen LogP contribution < -0.4 is 20.1 Å². The standard InChI is InChI=1S/C30H26Cl2N2O4/c1-37-27-16-23(7-8-24(27)18-32)30(36)33-25-12-9-20(10-13-25)22-11-14-26(28(15-22)38-2)34-29(35)21-5-3-19(17-31)4-6-21/h3-16H,17-18H2,1-2H3,(H,33,36)(H,34,35). The van der Waals surface area contributed by atoms with Crippen LogP contribution in [0.5, 0.6) is 11.5 Å². The molecule has 194 valence electrons. The van der Waals surface area contributed by atoms with Gasteiger partial charge in [-0.2, -0.15) is 0 Å². The highest BCUT2D eigenvalue weighted by Gasteiger charge is 2.13. The predicted octanol–water partition coefficient (Wildman–Crippen LogP) is 7.35. The van der Waals surface area contributed by atoms with Gasteiger partial charge in [-0.05, 0) is 65.2 Å². The molecule has 0 bridgehead atoms. The van der Waals surface area contributed by atoms with Gasteiger partial charge in [-0.15, -0.1) is 23.2 Å². The van der Waals surface area contributed by atoms with E-state index in [1.54, 1.807) is 50.6 Å². The number of anilines is 2. The van der Waals surface area contributed by atoms with Crippen LogP contribution in [0.4, 0.5) is 11.4 Å². The summed E-state index contributed by atoms with van der Waals surface area (Å²) in [4.78, 5) is 25.4. The van der Waals surface area contributed by atoms with Crippen molar-refractivity contribution in [1.29, 1.82) is 0 Å². The molecule has 0 aliphatic carbocycles. The van der Waals surface area contributed by atoms with Gasteiger partial charge in [0.25, 0.3) is 11.8 Å². The highest BCUT2D eigenvalue weighted by Crippen LogP contribution is 2.32. The number of rotatable bonds is 9. The summed E-state index contributed by atoms with van der Waals surface area (Å²) in [5.74, 6) is 1.29. The third kappa shape index (κ3) is 6.28. The fraction of sp³-hybridized carbons (Fsp3) is 0.133. The topological polar surface area (TPSA) is 76.7 Å². The molecule has 0 aliphatic rings. The van der Waals surface area contributed by atoms with Gasteiger partial charge in [0.05, 0.1) is 25.8 Å². The van der Waals surface area contributed by atoms with Crippen LogP contribution in [0.15, 0.2) is 84.9 Å². The number of carbonyl (C=O) groups is 2. The minimum Gasteiger partial charge on any atom is -0.496 e. The minimum atomic E-state index is -0.253. The van der Waals surface area contributed by atoms with E-state index in [4.69, 9.17) is 32.7 Å². The molecule has 0 heterocycles. The normalized spacial score (nSPS) is 10.5. The van der Waals surface area contributed by atoms with E-state index in [0.717, 1.165) is 22.3 Å². The number of methoxy groups -OCH3 is 2. The maximum Gasteiger partial charge on any atom is 0.255 e. The highest BCUT2D eigenvalue weighted by molar-refractivity contribution is 6.17. The molecule has 2 amide bonds. The lowest BCUT2D eigenvalue weighted by Crippen LogP contribution is -2.12. The van der Waals surface area contributed by atoms with Gasteiger partial charge < -0.3 is 20.1 Å². The number of nitrogens with one attached hydrogen (secondary N) is 2. The number of carbonyl (C=O) groups excluding carboxylic acids is 2. The van der Waals surface area contributed by atoms with Crippen molar-refractivity contribution < 1.29 is 19.1 Å². The molecule has 4 aromatic rings. The minimum absolute atomic E-state index is 0.243. The van der Waals surface area contributed by atoms with Crippen molar-refractivity contribution in [3.63, 3.8) is 0 Å². The quantitative estimate of drug-likeness (QED) is 0.214. The molecule has 4 aromatic carbocycles. The van der Waals surface area contributed by atoms with E-state index in [2.05, 4.69) is 10.6 Å². The van der Waals surface area contributed by atoms with Crippen LogP contribution in [0.3, 0.4) is 0 Å². The molecule has 4 rings (SSSR count). The van der Waals surface area contributed by atoms with Crippen LogP contribution >= 0.6 is 23.2 Å². The molecular formula is C30H26Cl2N2O4. The smallest absolute Gasteiger partial charge is 0.255 e. The molecule has 0 aromatic heterocycles. The average molecular weight is 549 g/mol. The van der Waals surface area contributed by atoms with E-state index < -0.39 is 0 Å². The lowest BCUT2D eigenvalue weighted by atomic mass is 10.0. The molecule has 0 unspecified atom stereocenters. The predicted molar refractivity (Wildman–Crippen MR) is 153 cm³/mol. The molecule has 0 fully saturated rings. The monoisotopic (exact) mass is 548 g/mol. The first-order valence-corrected chi connectivity index (χ1v) is 12.8. The first-order chi connectivity index (χ1) is 18.4. The summed E-state index contributed by atoms with van der Waals surface area (Å²) in [7, 11) is 3.10. The summed E-state index contributed by atoms with van der Waals surface area (Å²) < 4.78 is 10.9. The first-order valence-electron chi connectivity index (χ1n) is 11.7. The van der Waals surface area contributed by atoms with Gasteiger partial charge in [0.1, 0.15) is 11.5 Å². The Morgan fingerprint density at radius 1 is 0.658 bits per heavy atom. The molecular weight excluding hydrogens is 523 g/mol. The lowest BCUT2D eigenvalue weighted by Gasteiger charge is -2.13. The summed E-state index contributed by atoms with van der Waals surface area (Å²) in [6.45, 7) is 0. The molecule has 0 aliphatic heterocycles. The van der Waals surface area contributed by atoms with Gasteiger partial charge in [-0.25, -0.2) is 0 Å². The van der Waals surface area contributed by atoms with Crippen molar-refractivity contribution in [1.82, 2.24) is 0 Å². The number of halogens is 2. The fourth-order valence-corrected chi connectivity index (χ4v) is 4.26. The second-order valence-corrected chi connectivity index (χ2v) is 8.93. The van der Waals surface area contributed by atoms with Gasteiger partial charge in [-0.3, -0.25) is 9.59 Å². The maximum atomic E-state index is 12.7. The van der Waals surface area contributed by atoms with E-state index in [0.29, 0.717) is 45.8 Å². The zero-order chi connectivity index (χ0) is 27.1. The number of hydrogen-bond donors (Lipinski definition) is 2. The van der Waals surface area contributed by atoms with Gasteiger partial charge in [0, 0.05) is 28.3 Å². The zero-order valence-corrected chi connectivity index (χ0v) is 22.4. The Labute approximate surface area is 231 Å². The van der Waals surface area contributed by atoms with Gasteiger partial charge in [0.15, 0.2) is 0 Å². The van der Waals surface area contributed by atoms with Crippen molar-refractivity contribution in [3.8, 4) is 22.6 Å². The van der Waals surface area contributed by atoms with E-state index in [1.807, 2.05) is 48.5 Å². The Kier molecular flexibility index (Phi) is 8.89. The third-order valence-corrected chi connectivity index (χ3v) is 6.59. The van der Waals surface area contributed by atoms with Crippen LogP contribution in [-0.4, -0.2) is 26.0 Å². The third-order valence-electron chi connectivity index (χ3n) is 5.99. The molecule has 8 heteroatoms. The molecule has 0 spiro atoms. The van der Waals surface area contributed by atoms with Crippen molar-refractivity contribution in [3.05, 3.63) is 107 Å². The Balaban J connectivity index is 1.46. The summed E-state index contributed by atoms with van der Waals surface area (Å²) >= 11 is 11.7. The molecule has 38 heavy (non-hydrogen) atoms. The van der Waals surface area contributed by atoms with Gasteiger partial charge in [0.2, 0.25) is 0 Å². The van der Waals surface area contributed by atoms with Crippen molar-refractivity contribution in [2.45, 2.75) is 11.8 Å². The van der Waals surface area contributed by atoms with E-state index in [-0.39, 0.29) is 11.8 Å². The van der Waals surface area contributed by atoms with Crippen molar-refractivity contribution in [2.24, 2.45) is 0 Å². The van der Waals surface area contributed by atoms with Crippen LogP contribution in [0.1, 0.15) is 31.8 Å². The summed E-state index contributed by atoms with van der Waals surface area (Å²) in [6, 6.07) is 25.3. The number of benzene rings is 4. The number of alkyl halides is 2. The summed E-state index contributed by atoms with van der Waals surface area (Å²) in [5.41, 5.74) is 5.77. The van der Waals surface area contributed by atoms with Crippen molar-refractivity contribution >= 4 is 46.4 Å². The zero-order valence-electron chi connectivity index (χ0n) is 20.9. The van der Waals surface area contributed by atoms with Crippen LogP contribution in [-0.2, 0) is 11.8 Å². The van der Waals surface area contributed by atoms with Crippen molar-refractivity contribution in [2.75, 3.05) is 24.9 Å².